The van der Waals surface area contributed by atoms with Crippen molar-refractivity contribution in [3.8, 4) is 0 Å². The van der Waals surface area contributed by atoms with Crippen molar-refractivity contribution in [1.82, 2.24) is 5.43 Å². The molecule has 5 heteroatoms. The van der Waals surface area contributed by atoms with E-state index in [1.54, 1.807) is 0 Å². The molecule has 2 amide bonds. The number of nitrogens with one attached hydrogen (secondary N) is 1. The number of nitrogens with two attached hydrogens (primary N) is 2. The summed E-state index contributed by atoms with van der Waals surface area (Å²) in [5, 5.41) is 0. The van der Waals surface area contributed by atoms with Crippen molar-refractivity contribution >= 4 is 11.8 Å². The third-order valence-electron chi connectivity index (χ3n) is 2.91. The third kappa shape index (κ3) is 5.11. The SMILES string of the molecule is CCCC(CCC(CC)C(N)=O)C(=O)NN. The molecule has 2 unspecified atom stereocenters. The zero-order valence-corrected chi connectivity index (χ0v) is 10.2. The Labute approximate surface area is 96.9 Å². The Balaban J connectivity index is 4.19. The lowest BCUT2D eigenvalue weighted by Crippen LogP contribution is -2.36. The van der Waals surface area contributed by atoms with Crippen molar-refractivity contribution < 1.29 is 9.59 Å². The van der Waals surface area contributed by atoms with Crippen LogP contribution in [-0.2, 0) is 9.59 Å². The Morgan fingerprint density at radius 2 is 1.69 bits per heavy atom. The van der Waals surface area contributed by atoms with Crippen molar-refractivity contribution in [2.75, 3.05) is 0 Å². The van der Waals surface area contributed by atoms with Crippen LogP contribution < -0.4 is 17.0 Å². The second kappa shape index (κ2) is 8.10. The molecule has 16 heavy (non-hydrogen) atoms. The molecule has 0 saturated heterocycles. The number of hydrogen-bond donors (Lipinski definition) is 3. The lowest BCUT2D eigenvalue weighted by atomic mass is 9.90. The summed E-state index contributed by atoms with van der Waals surface area (Å²) in [5.41, 5.74) is 7.42. The number of primary amides is 1. The van der Waals surface area contributed by atoms with Gasteiger partial charge in [-0.25, -0.2) is 5.84 Å². The number of hydrazine groups is 1. The lowest BCUT2D eigenvalue weighted by molar-refractivity contribution is -0.127. The summed E-state index contributed by atoms with van der Waals surface area (Å²) < 4.78 is 0. The van der Waals surface area contributed by atoms with Gasteiger partial charge in [0.05, 0.1) is 0 Å². The first-order valence-electron chi connectivity index (χ1n) is 5.86. The van der Waals surface area contributed by atoms with Crippen molar-refractivity contribution in [3.63, 3.8) is 0 Å². The molecule has 94 valence electrons. The molecule has 0 saturated carbocycles. The summed E-state index contributed by atoms with van der Waals surface area (Å²) in [6.45, 7) is 3.94. The minimum Gasteiger partial charge on any atom is -0.369 e. The summed E-state index contributed by atoms with van der Waals surface area (Å²) in [5.74, 6) is 4.43. The minimum atomic E-state index is -0.286. The van der Waals surface area contributed by atoms with E-state index in [-0.39, 0.29) is 23.7 Å². The molecule has 0 fully saturated rings. The van der Waals surface area contributed by atoms with Gasteiger partial charge in [-0.15, -0.1) is 0 Å². The van der Waals surface area contributed by atoms with Crippen LogP contribution >= 0.6 is 0 Å². The van der Waals surface area contributed by atoms with Gasteiger partial charge in [-0.1, -0.05) is 20.3 Å². The quantitative estimate of drug-likeness (QED) is 0.324. The summed E-state index contributed by atoms with van der Waals surface area (Å²) in [7, 11) is 0. The monoisotopic (exact) mass is 229 g/mol. The Morgan fingerprint density at radius 1 is 1.12 bits per heavy atom. The standard InChI is InChI=1S/C11H23N3O2/c1-3-5-9(11(16)14-13)7-6-8(4-2)10(12)15/h8-9H,3-7,13H2,1-2H3,(H2,12,15)(H,14,16). The van der Waals surface area contributed by atoms with E-state index in [1.165, 1.54) is 0 Å². The molecule has 0 aliphatic heterocycles. The molecule has 0 radical (unpaired) electrons. The zero-order chi connectivity index (χ0) is 12.6. The molecular weight excluding hydrogens is 206 g/mol. The van der Waals surface area contributed by atoms with Crippen molar-refractivity contribution in [2.45, 2.75) is 46.0 Å². The molecule has 0 heterocycles. The molecule has 0 aliphatic carbocycles. The highest BCUT2D eigenvalue weighted by Crippen LogP contribution is 2.19. The molecule has 5 N–H and O–H groups in total. The average molecular weight is 229 g/mol. The van der Waals surface area contributed by atoms with Crippen LogP contribution in [0.15, 0.2) is 0 Å². The van der Waals surface area contributed by atoms with Gasteiger partial charge in [-0.3, -0.25) is 15.0 Å². The van der Waals surface area contributed by atoms with Crippen LogP contribution in [0.5, 0.6) is 0 Å². The van der Waals surface area contributed by atoms with Gasteiger partial charge in [0.1, 0.15) is 0 Å². The van der Waals surface area contributed by atoms with E-state index in [9.17, 15) is 9.59 Å². The van der Waals surface area contributed by atoms with E-state index in [4.69, 9.17) is 11.6 Å². The molecule has 5 nitrogen and oxygen atoms in total. The van der Waals surface area contributed by atoms with Crippen molar-refractivity contribution in [1.29, 1.82) is 0 Å². The fourth-order valence-electron chi connectivity index (χ4n) is 1.82. The predicted molar refractivity (Wildman–Crippen MR) is 62.9 cm³/mol. The minimum absolute atomic E-state index is 0.108. The second-order valence-electron chi connectivity index (χ2n) is 4.08. The maximum absolute atomic E-state index is 11.4. The molecule has 0 spiro atoms. The summed E-state index contributed by atoms with van der Waals surface area (Å²) in [6, 6.07) is 0. The van der Waals surface area contributed by atoms with Gasteiger partial charge in [0.15, 0.2) is 0 Å². The molecular formula is C11H23N3O2. The Hall–Kier alpha value is -1.10. The van der Waals surface area contributed by atoms with Gasteiger partial charge < -0.3 is 5.73 Å². The van der Waals surface area contributed by atoms with E-state index in [1.807, 2.05) is 13.8 Å². The summed E-state index contributed by atoms with van der Waals surface area (Å²) >= 11 is 0. The first-order chi connectivity index (χ1) is 7.56. The van der Waals surface area contributed by atoms with E-state index in [0.717, 1.165) is 19.3 Å². The van der Waals surface area contributed by atoms with Gasteiger partial charge in [-0.2, -0.15) is 0 Å². The first kappa shape index (κ1) is 14.9. The number of amides is 2. The summed E-state index contributed by atoms with van der Waals surface area (Å²) in [4.78, 5) is 22.5. The normalized spacial score (nSPS) is 14.2. The van der Waals surface area contributed by atoms with E-state index in [2.05, 4.69) is 5.43 Å². The smallest absolute Gasteiger partial charge is 0.236 e. The largest absolute Gasteiger partial charge is 0.369 e. The highest BCUT2D eigenvalue weighted by molar-refractivity contribution is 5.78. The van der Waals surface area contributed by atoms with Crippen LogP contribution in [0.25, 0.3) is 0 Å². The summed E-state index contributed by atoms with van der Waals surface area (Å²) in [6.07, 6.45) is 3.75. The highest BCUT2D eigenvalue weighted by atomic mass is 16.2. The van der Waals surface area contributed by atoms with Crippen LogP contribution in [-0.4, -0.2) is 11.8 Å². The molecule has 0 aromatic carbocycles. The number of carbonyl (C=O) groups is 2. The molecule has 0 aromatic heterocycles. The van der Waals surface area contributed by atoms with Crippen molar-refractivity contribution in [3.05, 3.63) is 0 Å². The first-order valence-corrected chi connectivity index (χ1v) is 5.86. The van der Waals surface area contributed by atoms with E-state index >= 15 is 0 Å². The second-order valence-corrected chi connectivity index (χ2v) is 4.08. The number of rotatable bonds is 8. The fraction of sp³-hybridized carbons (Fsp3) is 0.818. The highest BCUT2D eigenvalue weighted by Gasteiger charge is 2.20. The van der Waals surface area contributed by atoms with Crippen LogP contribution in [0.4, 0.5) is 0 Å². The zero-order valence-electron chi connectivity index (χ0n) is 10.2. The topological polar surface area (TPSA) is 98.2 Å². The van der Waals surface area contributed by atoms with Gasteiger partial charge in [0.25, 0.3) is 0 Å². The van der Waals surface area contributed by atoms with E-state index < -0.39 is 0 Å². The fourth-order valence-corrected chi connectivity index (χ4v) is 1.82. The third-order valence-corrected chi connectivity index (χ3v) is 2.91. The molecule has 0 bridgehead atoms. The Bertz CT molecular complexity index is 231. The van der Waals surface area contributed by atoms with E-state index in [0.29, 0.717) is 12.8 Å². The average Bonchev–Trinajstić information content (AvgIpc) is 2.27. The predicted octanol–water partition coefficient (Wildman–Crippen LogP) is 0.684. The van der Waals surface area contributed by atoms with Crippen LogP contribution in [0.1, 0.15) is 46.0 Å². The van der Waals surface area contributed by atoms with Gasteiger partial charge in [0, 0.05) is 11.8 Å². The maximum Gasteiger partial charge on any atom is 0.236 e. The van der Waals surface area contributed by atoms with Crippen LogP contribution in [0, 0.1) is 11.8 Å². The van der Waals surface area contributed by atoms with Crippen LogP contribution in [0.3, 0.4) is 0 Å². The molecule has 0 aromatic rings. The Kier molecular flexibility index (Phi) is 7.54. The van der Waals surface area contributed by atoms with Crippen LogP contribution in [0.2, 0.25) is 0 Å². The maximum atomic E-state index is 11.4. The Morgan fingerprint density at radius 3 is 2.06 bits per heavy atom. The van der Waals surface area contributed by atoms with Crippen molar-refractivity contribution in [2.24, 2.45) is 23.4 Å². The number of hydrogen-bond acceptors (Lipinski definition) is 3. The number of carbonyl (C=O) groups excluding carboxylic acids is 2. The molecule has 0 rings (SSSR count). The molecule has 2 atom stereocenters. The lowest BCUT2D eigenvalue weighted by Gasteiger charge is -2.17. The van der Waals surface area contributed by atoms with Gasteiger partial charge >= 0.3 is 0 Å². The van der Waals surface area contributed by atoms with Gasteiger partial charge in [0.2, 0.25) is 11.8 Å². The van der Waals surface area contributed by atoms with Gasteiger partial charge in [-0.05, 0) is 25.7 Å². The molecule has 0 aliphatic rings.